The van der Waals surface area contributed by atoms with E-state index in [2.05, 4.69) is 22.9 Å². The van der Waals surface area contributed by atoms with Gasteiger partial charge in [-0.3, -0.25) is 9.59 Å². The molecule has 0 aromatic heterocycles. The summed E-state index contributed by atoms with van der Waals surface area (Å²) in [6, 6.07) is 2.28. The molecule has 0 saturated heterocycles. The van der Waals surface area contributed by atoms with Crippen molar-refractivity contribution in [2.75, 3.05) is 6.61 Å². The second-order valence-corrected chi connectivity index (χ2v) is 9.39. The van der Waals surface area contributed by atoms with E-state index < -0.39 is 24.2 Å². The van der Waals surface area contributed by atoms with Crippen molar-refractivity contribution in [1.82, 2.24) is 0 Å². The zero-order valence-corrected chi connectivity index (χ0v) is 21.5. The molecule has 0 aliphatic carbocycles. The van der Waals surface area contributed by atoms with Gasteiger partial charge in [0.25, 0.3) is 0 Å². The minimum Gasteiger partial charge on any atom is -0.466 e. The van der Waals surface area contributed by atoms with Crippen molar-refractivity contribution < 1.29 is 27.8 Å². The summed E-state index contributed by atoms with van der Waals surface area (Å²) in [6.45, 7) is 2.34. The molecule has 4 nitrogen and oxygen atoms in total. The van der Waals surface area contributed by atoms with Gasteiger partial charge >= 0.3 is 11.9 Å². The summed E-state index contributed by atoms with van der Waals surface area (Å²) in [7, 11) is 0. The van der Waals surface area contributed by atoms with Crippen molar-refractivity contribution in [1.29, 1.82) is 0 Å². The quantitative estimate of drug-likeness (QED) is 0.133. The van der Waals surface area contributed by atoms with E-state index in [1.807, 2.05) is 0 Å². The third-order valence-electron chi connectivity index (χ3n) is 5.51. The molecule has 0 N–H and O–H groups in total. The van der Waals surface area contributed by atoms with Crippen LogP contribution >= 0.6 is 15.9 Å². The first-order chi connectivity index (χ1) is 15.9. The molecule has 0 heterocycles. The monoisotopic (exact) mass is 532 g/mol. The maximum Gasteiger partial charge on any atom is 0.306 e. The van der Waals surface area contributed by atoms with Gasteiger partial charge in [-0.15, -0.1) is 0 Å². The first kappa shape index (κ1) is 29.5. The third kappa shape index (κ3) is 15.1. The SMILES string of the molecule is CCCCCCCCCOC(=O)CCCCCCCCC(=O)OCc1c(F)cc(Br)cc1F. The molecular weight excluding hydrogens is 494 g/mol. The van der Waals surface area contributed by atoms with Gasteiger partial charge < -0.3 is 9.47 Å². The Morgan fingerprint density at radius 3 is 1.73 bits per heavy atom. The van der Waals surface area contributed by atoms with Crippen LogP contribution in [-0.4, -0.2) is 18.5 Å². The fourth-order valence-corrected chi connectivity index (χ4v) is 3.90. The lowest BCUT2D eigenvalue weighted by molar-refractivity contribution is -0.145. The molecule has 7 heteroatoms. The van der Waals surface area contributed by atoms with Crippen molar-refractivity contribution in [2.24, 2.45) is 0 Å². The topological polar surface area (TPSA) is 52.6 Å². The van der Waals surface area contributed by atoms with Crippen LogP contribution in [0.5, 0.6) is 0 Å². The molecule has 1 rings (SSSR count). The largest absolute Gasteiger partial charge is 0.466 e. The first-order valence-corrected chi connectivity index (χ1v) is 13.2. The predicted molar refractivity (Wildman–Crippen MR) is 130 cm³/mol. The lowest BCUT2D eigenvalue weighted by Crippen LogP contribution is -2.07. The second-order valence-electron chi connectivity index (χ2n) is 8.47. The number of carbonyl (C=O) groups is 2. The van der Waals surface area contributed by atoms with Crippen LogP contribution in [0.2, 0.25) is 0 Å². The molecule has 1 aromatic rings. The number of carbonyl (C=O) groups excluding carboxylic acids is 2. The van der Waals surface area contributed by atoms with Gasteiger partial charge in [0.1, 0.15) is 18.2 Å². The van der Waals surface area contributed by atoms with E-state index in [1.54, 1.807) is 0 Å². The molecule has 0 radical (unpaired) electrons. The predicted octanol–water partition coefficient (Wildman–Crippen LogP) is 8.19. The van der Waals surface area contributed by atoms with E-state index in [9.17, 15) is 18.4 Å². The van der Waals surface area contributed by atoms with Crippen LogP contribution in [-0.2, 0) is 25.7 Å². The number of hydrogen-bond donors (Lipinski definition) is 0. The van der Waals surface area contributed by atoms with E-state index in [0.717, 1.165) is 57.1 Å². The van der Waals surface area contributed by atoms with Gasteiger partial charge in [0, 0.05) is 17.3 Å². The number of esters is 2. The Bertz CT molecular complexity index is 674. The summed E-state index contributed by atoms with van der Waals surface area (Å²) in [5.41, 5.74) is -0.243. The molecule has 0 aliphatic heterocycles. The van der Waals surface area contributed by atoms with Crippen molar-refractivity contribution in [3.63, 3.8) is 0 Å². The lowest BCUT2D eigenvalue weighted by Gasteiger charge is -2.08. The maximum absolute atomic E-state index is 13.7. The number of ether oxygens (including phenoxy) is 2. The van der Waals surface area contributed by atoms with Gasteiger partial charge in [-0.1, -0.05) is 87.1 Å². The van der Waals surface area contributed by atoms with Gasteiger partial charge in [-0.05, 0) is 31.4 Å². The summed E-state index contributed by atoms with van der Waals surface area (Å²) in [5.74, 6) is -2.05. The van der Waals surface area contributed by atoms with Crippen molar-refractivity contribution in [3.8, 4) is 0 Å². The van der Waals surface area contributed by atoms with Gasteiger partial charge in [0.15, 0.2) is 0 Å². The van der Waals surface area contributed by atoms with E-state index >= 15 is 0 Å². The molecule has 0 spiro atoms. The second kappa shape index (κ2) is 18.9. The van der Waals surface area contributed by atoms with Crippen LogP contribution in [0.4, 0.5) is 8.78 Å². The summed E-state index contributed by atoms with van der Waals surface area (Å²) < 4.78 is 38.0. The molecule has 0 fully saturated rings. The minimum absolute atomic E-state index is 0.109. The van der Waals surface area contributed by atoms with Crippen molar-refractivity contribution in [2.45, 2.75) is 110 Å². The normalized spacial score (nSPS) is 10.9. The highest BCUT2D eigenvalue weighted by Gasteiger charge is 2.13. The van der Waals surface area contributed by atoms with Gasteiger partial charge in [0.05, 0.1) is 12.2 Å². The molecule has 188 valence electrons. The summed E-state index contributed by atoms with van der Waals surface area (Å²) in [5, 5.41) is 0. The Kier molecular flexibility index (Phi) is 16.9. The van der Waals surface area contributed by atoms with Crippen LogP contribution < -0.4 is 0 Å². The van der Waals surface area contributed by atoms with Crippen LogP contribution in [0.1, 0.15) is 109 Å². The maximum atomic E-state index is 13.7. The van der Waals surface area contributed by atoms with Crippen molar-refractivity contribution >= 4 is 27.9 Å². The zero-order chi connectivity index (χ0) is 24.3. The number of benzene rings is 1. The minimum atomic E-state index is -0.739. The lowest BCUT2D eigenvalue weighted by atomic mass is 10.1. The van der Waals surface area contributed by atoms with Gasteiger partial charge in [0.2, 0.25) is 0 Å². The average Bonchev–Trinajstić information content (AvgIpc) is 2.76. The van der Waals surface area contributed by atoms with Gasteiger partial charge in [-0.2, -0.15) is 0 Å². The van der Waals surface area contributed by atoms with Gasteiger partial charge in [-0.25, -0.2) is 8.78 Å². The van der Waals surface area contributed by atoms with E-state index in [-0.39, 0.29) is 18.0 Å². The highest BCUT2D eigenvalue weighted by atomic mass is 79.9. The average molecular weight is 533 g/mol. The summed E-state index contributed by atoms with van der Waals surface area (Å²) in [4.78, 5) is 23.5. The van der Waals surface area contributed by atoms with Crippen LogP contribution in [0.25, 0.3) is 0 Å². The highest BCUT2D eigenvalue weighted by molar-refractivity contribution is 9.10. The number of rotatable bonds is 19. The molecule has 0 bridgehead atoms. The number of hydrogen-bond acceptors (Lipinski definition) is 4. The first-order valence-electron chi connectivity index (χ1n) is 12.4. The molecule has 0 amide bonds. The molecule has 0 saturated carbocycles. The molecule has 0 unspecified atom stereocenters. The van der Waals surface area contributed by atoms with E-state index in [0.29, 0.717) is 23.9 Å². The van der Waals surface area contributed by atoms with Crippen LogP contribution in [0, 0.1) is 11.6 Å². The fraction of sp³-hybridized carbons (Fsp3) is 0.692. The number of halogens is 3. The summed E-state index contributed by atoms with van der Waals surface area (Å²) >= 11 is 3.01. The highest BCUT2D eigenvalue weighted by Crippen LogP contribution is 2.20. The smallest absolute Gasteiger partial charge is 0.306 e. The number of unbranched alkanes of at least 4 members (excludes halogenated alkanes) is 11. The standard InChI is InChI=1S/C26H39BrF2O4/c1-2-3-4-5-8-11-14-17-32-25(30)15-12-9-6-7-10-13-16-26(31)33-20-22-23(28)18-21(27)19-24(22)29/h18-19H,2-17,20H2,1H3. The third-order valence-corrected chi connectivity index (χ3v) is 5.96. The Morgan fingerprint density at radius 1 is 0.727 bits per heavy atom. The molecule has 0 aliphatic rings. The fourth-order valence-electron chi connectivity index (χ4n) is 3.50. The Hall–Kier alpha value is -1.50. The zero-order valence-electron chi connectivity index (χ0n) is 19.9. The van der Waals surface area contributed by atoms with Crippen molar-refractivity contribution in [3.05, 3.63) is 33.8 Å². The molecule has 33 heavy (non-hydrogen) atoms. The Labute approximate surface area is 205 Å². The van der Waals surface area contributed by atoms with E-state index in [4.69, 9.17) is 9.47 Å². The Morgan fingerprint density at radius 2 is 1.18 bits per heavy atom. The van der Waals surface area contributed by atoms with Crippen LogP contribution in [0.3, 0.4) is 0 Å². The van der Waals surface area contributed by atoms with E-state index in [1.165, 1.54) is 32.1 Å². The Balaban J connectivity index is 1.93. The van der Waals surface area contributed by atoms with Crippen LogP contribution in [0.15, 0.2) is 16.6 Å². The molecule has 1 aromatic carbocycles. The molecular formula is C26H39BrF2O4. The summed E-state index contributed by atoms with van der Waals surface area (Å²) in [6.07, 6.45) is 14.4. The molecule has 0 atom stereocenters.